The highest BCUT2D eigenvalue weighted by Gasteiger charge is 2.14. The van der Waals surface area contributed by atoms with E-state index in [0.29, 0.717) is 12.3 Å². The van der Waals surface area contributed by atoms with Gasteiger partial charge in [0.05, 0.1) is 0 Å². The van der Waals surface area contributed by atoms with Gasteiger partial charge in [-0.15, -0.1) is 0 Å². The Morgan fingerprint density at radius 1 is 1.73 bits per heavy atom. The van der Waals surface area contributed by atoms with Crippen molar-refractivity contribution in [1.29, 1.82) is 0 Å². The van der Waals surface area contributed by atoms with Crippen LogP contribution in [0.25, 0.3) is 0 Å². The summed E-state index contributed by atoms with van der Waals surface area (Å²) < 4.78 is 0. The van der Waals surface area contributed by atoms with Gasteiger partial charge in [0.25, 0.3) is 0 Å². The topological polar surface area (TPSA) is 17.1 Å². The van der Waals surface area contributed by atoms with Crippen molar-refractivity contribution in [2.75, 3.05) is 0 Å². The molecule has 1 aliphatic rings. The minimum Gasteiger partial charge on any atom is -0.295 e. The second-order valence-electron chi connectivity index (χ2n) is 3.19. The summed E-state index contributed by atoms with van der Waals surface area (Å²) in [5, 5.41) is 0. The lowest BCUT2D eigenvalue weighted by molar-refractivity contribution is -0.115. The van der Waals surface area contributed by atoms with Crippen LogP contribution >= 0.6 is 0 Å². The number of carbonyl (C=O) groups excluding carboxylic acids is 1. The van der Waals surface area contributed by atoms with Crippen LogP contribution in [0.15, 0.2) is 24.3 Å². The Morgan fingerprint density at radius 3 is 3.09 bits per heavy atom. The van der Waals surface area contributed by atoms with Crippen LogP contribution in [0.5, 0.6) is 0 Å². The van der Waals surface area contributed by atoms with Gasteiger partial charge in [-0.3, -0.25) is 4.79 Å². The van der Waals surface area contributed by atoms with Gasteiger partial charge < -0.3 is 0 Å². The molecular formula is C10H14O. The van der Waals surface area contributed by atoms with Gasteiger partial charge >= 0.3 is 0 Å². The van der Waals surface area contributed by atoms with Crippen molar-refractivity contribution < 1.29 is 4.79 Å². The molecule has 0 aromatic carbocycles. The summed E-state index contributed by atoms with van der Waals surface area (Å²) in [4.78, 5) is 11.1. The van der Waals surface area contributed by atoms with Gasteiger partial charge in [-0.05, 0) is 31.8 Å². The minimum atomic E-state index is 0.246. The van der Waals surface area contributed by atoms with E-state index in [0.717, 1.165) is 18.4 Å². The quantitative estimate of drug-likeness (QED) is 0.525. The fraction of sp³-hybridized carbons (Fsp3) is 0.500. The SMILES string of the molecule is C=C(C)C1CCC=CC(=O)C1. The first-order valence-corrected chi connectivity index (χ1v) is 4.05. The lowest BCUT2D eigenvalue weighted by Gasteiger charge is -2.11. The van der Waals surface area contributed by atoms with Crippen LogP contribution in [0.1, 0.15) is 26.2 Å². The van der Waals surface area contributed by atoms with Crippen molar-refractivity contribution >= 4 is 5.78 Å². The highest BCUT2D eigenvalue weighted by Crippen LogP contribution is 2.22. The second-order valence-corrected chi connectivity index (χ2v) is 3.19. The maximum Gasteiger partial charge on any atom is 0.155 e. The van der Waals surface area contributed by atoms with Crippen LogP contribution in [0, 0.1) is 5.92 Å². The molecule has 0 aromatic rings. The first-order valence-electron chi connectivity index (χ1n) is 4.05. The summed E-state index contributed by atoms with van der Waals surface area (Å²) in [6.45, 7) is 5.88. The van der Waals surface area contributed by atoms with E-state index >= 15 is 0 Å². The molecule has 0 amide bonds. The van der Waals surface area contributed by atoms with Crippen molar-refractivity contribution in [3.05, 3.63) is 24.3 Å². The van der Waals surface area contributed by atoms with Crippen molar-refractivity contribution in [3.8, 4) is 0 Å². The molecule has 0 saturated carbocycles. The molecule has 1 heteroatoms. The van der Waals surface area contributed by atoms with E-state index in [-0.39, 0.29) is 5.78 Å². The van der Waals surface area contributed by atoms with Gasteiger partial charge in [0.1, 0.15) is 0 Å². The van der Waals surface area contributed by atoms with Gasteiger partial charge in [0.2, 0.25) is 0 Å². The highest BCUT2D eigenvalue weighted by atomic mass is 16.1. The summed E-state index contributed by atoms with van der Waals surface area (Å²) in [5.74, 6) is 0.660. The Hall–Kier alpha value is -0.850. The number of allylic oxidation sites excluding steroid dienone is 3. The van der Waals surface area contributed by atoms with Crippen LogP contribution in [-0.2, 0) is 4.79 Å². The van der Waals surface area contributed by atoms with E-state index in [1.807, 2.05) is 13.0 Å². The molecule has 0 saturated heterocycles. The summed E-state index contributed by atoms with van der Waals surface area (Å²) in [5.41, 5.74) is 1.14. The zero-order valence-electron chi connectivity index (χ0n) is 6.97. The zero-order valence-corrected chi connectivity index (χ0v) is 6.97. The Kier molecular flexibility index (Phi) is 2.64. The van der Waals surface area contributed by atoms with E-state index in [4.69, 9.17) is 0 Å². The maximum atomic E-state index is 11.1. The molecule has 0 heterocycles. The molecule has 0 aromatic heterocycles. The van der Waals surface area contributed by atoms with E-state index in [9.17, 15) is 4.79 Å². The predicted molar refractivity (Wildman–Crippen MR) is 46.3 cm³/mol. The van der Waals surface area contributed by atoms with E-state index in [1.54, 1.807) is 6.08 Å². The molecule has 60 valence electrons. The fourth-order valence-corrected chi connectivity index (χ4v) is 1.35. The molecule has 1 atom stereocenters. The molecule has 11 heavy (non-hydrogen) atoms. The largest absolute Gasteiger partial charge is 0.295 e. The molecule has 1 rings (SSSR count). The summed E-state index contributed by atoms with van der Waals surface area (Å²) in [6, 6.07) is 0. The van der Waals surface area contributed by atoms with Crippen LogP contribution in [0.3, 0.4) is 0 Å². The molecule has 0 N–H and O–H groups in total. The van der Waals surface area contributed by atoms with Gasteiger partial charge in [0.15, 0.2) is 5.78 Å². The molecule has 0 aliphatic heterocycles. The molecular weight excluding hydrogens is 136 g/mol. The smallest absolute Gasteiger partial charge is 0.155 e. The Labute approximate surface area is 67.8 Å². The van der Waals surface area contributed by atoms with E-state index < -0.39 is 0 Å². The first kappa shape index (κ1) is 8.25. The Bertz CT molecular complexity index is 201. The Balaban J connectivity index is 2.59. The van der Waals surface area contributed by atoms with E-state index in [2.05, 4.69) is 6.58 Å². The fourth-order valence-electron chi connectivity index (χ4n) is 1.35. The predicted octanol–water partition coefficient (Wildman–Crippen LogP) is 2.49. The summed E-state index contributed by atoms with van der Waals surface area (Å²) in [7, 11) is 0. The van der Waals surface area contributed by atoms with Crippen LogP contribution in [-0.4, -0.2) is 5.78 Å². The third-order valence-corrected chi connectivity index (χ3v) is 2.13. The van der Waals surface area contributed by atoms with Crippen molar-refractivity contribution in [2.45, 2.75) is 26.2 Å². The third kappa shape index (κ3) is 2.34. The Morgan fingerprint density at radius 2 is 2.45 bits per heavy atom. The average molecular weight is 150 g/mol. The zero-order chi connectivity index (χ0) is 8.27. The monoisotopic (exact) mass is 150 g/mol. The molecule has 1 unspecified atom stereocenters. The van der Waals surface area contributed by atoms with E-state index in [1.165, 1.54) is 0 Å². The molecule has 1 nitrogen and oxygen atoms in total. The average Bonchev–Trinajstić information content (AvgIpc) is 2.13. The number of ketones is 1. The van der Waals surface area contributed by atoms with Crippen LogP contribution in [0.4, 0.5) is 0 Å². The van der Waals surface area contributed by atoms with Gasteiger partial charge in [0, 0.05) is 6.42 Å². The number of hydrogen-bond donors (Lipinski definition) is 0. The number of carbonyl (C=O) groups is 1. The lowest BCUT2D eigenvalue weighted by Crippen LogP contribution is -2.04. The molecule has 1 aliphatic carbocycles. The maximum absolute atomic E-state index is 11.1. The van der Waals surface area contributed by atoms with Crippen LogP contribution < -0.4 is 0 Å². The van der Waals surface area contributed by atoms with Crippen molar-refractivity contribution in [2.24, 2.45) is 5.92 Å². The summed E-state index contributed by atoms with van der Waals surface area (Å²) >= 11 is 0. The van der Waals surface area contributed by atoms with Gasteiger partial charge in [-0.25, -0.2) is 0 Å². The second kappa shape index (κ2) is 3.51. The third-order valence-electron chi connectivity index (χ3n) is 2.13. The minimum absolute atomic E-state index is 0.246. The lowest BCUT2D eigenvalue weighted by atomic mass is 9.93. The highest BCUT2D eigenvalue weighted by molar-refractivity contribution is 5.90. The van der Waals surface area contributed by atoms with Gasteiger partial charge in [-0.1, -0.05) is 18.2 Å². The normalized spacial score (nSPS) is 24.8. The molecule has 0 fully saturated rings. The van der Waals surface area contributed by atoms with Crippen LogP contribution in [0.2, 0.25) is 0 Å². The standard InChI is InChI=1S/C10H14O/c1-8(2)9-5-3-4-6-10(11)7-9/h4,6,9H,1,3,5,7H2,2H3. The summed E-state index contributed by atoms with van der Waals surface area (Å²) in [6.07, 6.45) is 6.42. The van der Waals surface area contributed by atoms with Crippen molar-refractivity contribution in [1.82, 2.24) is 0 Å². The molecule has 0 spiro atoms. The molecule has 0 radical (unpaired) electrons. The molecule has 0 bridgehead atoms. The number of rotatable bonds is 1. The number of hydrogen-bond acceptors (Lipinski definition) is 1. The van der Waals surface area contributed by atoms with Crippen molar-refractivity contribution in [3.63, 3.8) is 0 Å². The first-order chi connectivity index (χ1) is 5.20. The van der Waals surface area contributed by atoms with Gasteiger partial charge in [-0.2, -0.15) is 0 Å².